The molecule has 0 saturated carbocycles. The lowest BCUT2D eigenvalue weighted by Crippen LogP contribution is -2.39. The van der Waals surface area contributed by atoms with Gasteiger partial charge in [0.2, 0.25) is 0 Å². The number of aliphatic hydroxyl groups excluding tert-OH is 1. The number of nitrogens with zero attached hydrogens (tertiary/aromatic N) is 4. The largest absolute Gasteiger partial charge is 0.422 e. The van der Waals surface area contributed by atoms with Gasteiger partial charge in [-0.2, -0.15) is 4.98 Å². The monoisotopic (exact) mass is 485 g/mol. The van der Waals surface area contributed by atoms with Gasteiger partial charge in [0.05, 0.1) is 5.39 Å². The Morgan fingerprint density at radius 2 is 1.78 bits per heavy atom. The van der Waals surface area contributed by atoms with Crippen LogP contribution in [0.5, 0.6) is 0 Å². The SMILES string of the molecule is O=c1nc(NCc2cccc(-c3cccc(CN4CCCCC4CCO)c3)c2)c2cccnc2n1O. The van der Waals surface area contributed by atoms with Crippen molar-refractivity contribution in [2.45, 2.75) is 44.8 Å². The molecule has 8 heteroatoms. The minimum absolute atomic E-state index is 0.167. The molecule has 1 saturated heterocycles. The van der Waals surface area contributed by atoms with Gasteiger partial charge >= 0.3 is 5.69 Å². The van der Waals surface area contributed by atoms with Gasteiger partial charge in [0.15, 0.2) is 5.65 Å². The second kappa shape index (κ2) is 10.9. The van der Waals surface area contributed by atoms with Crippen LogP contribution in [-0.4, -0.2) is 49.1 Å². The standard InChI is InChI=1S/C28H31N5O3/c34-15-12-24-10-1-2-14-32(24)19-21-7-4-9-23(17-21)22-8-3-6-20(16-22)18-30-26-25-11-5-13-29-27(25)33(36)28(35)31-26/h3-9,11,13,16-17,24,34,36H,1-2,10,12,14-15,18-19H2,(H,30,31,35). The van der Waals surface area contributed by atoms with Crippen LogP contribution >= 0.6 is 0 Å². The average Bonchev–Trinajstić information content (AvgIpc) is 2.91. The molecule has 186 valence electrons. The minimum atomic E-state index is -0.774. The molecule has 3 heterocycles. The number of benzene rings is 2. The van der Waals surface area contributed by atoms with E-state index in [1.54, 1.807) is 12.1 Å². The summed E-state index contributed by atoms with van der Waals surface area (Å²) >= 11 is 0. The fourth-order valence-corrected chi connectivity index (χ4v) is 5.05. The highest BCUT2D eigenvalue weighted by Crippen LogP contribution is 2.26. The molecule has 0 spiro atoms. The van der Waals surface area contributed by atoms with Crippen LogP contribution in [0.2, 0.25) is 0 Å². The highest BCUT2D eigenvalue weighted by atomic mass is 16.5. The van der Waals surface area contributed by atoms with Crippen LogP contribution in [0.15, 0.2) is 71.7 Å². The van der Waals surface area contributed by atoms with E-state index in [9.17, 15) is 15.1 Å². The number of pyridine rings is 1. The number of nitrogens with one attached hydrogen (secondary N) is 1. The van der Waals surface area contributed by atoms with Crippen LogP contribution < -0.4 is 11.0 Å². The van der Waals surface area contributed by atoms with Crippen molar-refractivity contribution in [3.63, 3.8) is 0 Å². The second-order valence-electron chi connectivity index (χ2n) is 9.32. The van der Waals surface area contributed by atoms with Crippen LogP contribution in [0.3, 0.4) is 0 Å². The van der Waals surface area contributed by atoms with E-state index < -0.39 is 5.69 Å². The van der Waals surface area contributed by atoms with Gasteiger partial charge in [-0.1, -0.05) is 42.8 Å². The number of likely N-dealkylation sites (tertiary alicyclic amines) is 1. The van der Waals surface area contributed by atoms with Crippen molar-refractivity contribution in [1.82, 2.24) is 19.6 Å². The third-order valence-corrected chi connectivity index (χ3v) is 6.88. The number of rotatable bonds is 8. The van der Waals surface area contributed by atoms with Gasteiger partial charge in [-0.15, -0.1) is 4.73 Å². The molecule has 2 aromatic carbocycles. The fourth-order valence-electron chi connectivity index (χ4n) is 5.05. The summed E-state index contributed by atoms with van der Waals surface area (Å²) in [5, 5.41) is 23.2. The lowest BCUT2D eigenvalue weighted by molar-refractivity contribution is 0.112. The molecule has 1 aliphatic rings. The Bertz CT molecular complexity index is 1400. The maximum absolute atomic E-state index is 12.0. The van der Waals surface area contributed by atoms with Crippen molar-refractivity contribution in [3.05, 3.63) is 88.5 Å². The van der Waals surface area contributed by atoms with Gasteiger partial charge in [-0.05, 0) is 72.3 Å². The summed E-state index contributed by atoms with van der Waals surface area (Å²) < 4.78 is 0.462. The molecule has 0 radical (unpaired) electrons. The number of aromatic nitrogens is 3. The molecule has 4 aromatic rings. The molecule has 0 bridgehead atoms. The first-order chi connectivity index (χ1) is 17.6. The molecule has 3 N–H and O–H groups in total. The zero-order valence-electron chi connectivity index (χ0n) is 20.2. The first-order valence-corrected chi connectivity index (χ1v) is 12.5. The molecule has 1 atom stereocenters. The summed E-state index contributed by atoms with van der Waals surface area (Å²) in [5.41, 5.74) is 3.98. The third kappa shape index (κ3) is 5.24. The molecule has 2 aromatic heterocycles. The highest BCUT2D eigenvalue weighted by molar-refractivity contribution is 5.86. The molecule has 0 aliphatic carbocycles. The van der Waals surface area contributed by atoms with Crippen LogP contribution in [-0.2, 0) is 13.1 Å². The molecule has 8 nitrogen and oxygen atoms in total. The minimum Gasteiger partial charge on any atom is -0.422 e. The van der Waals surface area contributed by atoms with Crippen LogP contribution in [0.25, 0.3) is 22.2 Å². The first-order valence-electron chi connectivity index (χ1n) is 12.5. The van der Waals surface area contributed by atoms with Crippen molar-refractivity contribution >= 4 is 16.9 Å². The predicted molar refractivity (Wildman–Crippen MR) is 140 cm³/mol. The van der Waals surface area contributed by atoms with Crippen LogP contribution in [0.4, 0.5) is 5.82 Å². The summed E-state index contributed by atoms with van der Waals surface area (Å²) in [6, 6.07) is 20.9. The molecular weight excluding hydrogens is 454 g/mol. The summed E-state index contributed by atoms with van der Waals surface area (Å²) in [4.78, 5) is 22.6. The third-order valence-electron chi connectivity index (χ3n) is 6.88. The second-order valence-corrected chi connectivity index (χ2v) is 9.32. The molecule has 0 amide bonds. The van der Waals surface area contributed by atoms with Crippen molar-refractivity contribution in [2.75, 3.05) is 18.5 Å². The molecule has 1 fully saturated rings. The van der Waals surface area contributed by atoms with Gasteiger partial charge in [-0.25, -0.2) is 9.78 Å². The zero-order valence-corrected chi connectivity index (χ0v) is 20.2. The topological polar surface area (TPSA) is 104 Å². The maximum atomic E-state index is 12.0. The van der Waals surface area contributed by atoms with Crippen LogP contribution in [0, 0.1) is 0 Å². The lowest BCUT2D eigenvalue weighted by atomic mass is 9.97. The smallest absolute Gasteiger partial charge is 0.384 e. The van der Waals surface area contributed by atoms with E-state index in [2.05, 4.69) is 56.6 Å². The van der Waals surface area contributed by atoms with E-state index in [1.165, 1.54) is 24.6 Å². The van der Waals surface area contributed by atoms with Gasteiger partial charge in [0, 0.05) is 31.9 Å². The van der Waals surface area contributed by atoms with Crippen LogP contribution in [0.1, 0.15) is 36.8 Å². The Kier molecular flexibility index (Phi) is 7.25. The predicted octanol–water partition coefficient (Wildman–Crippen LogP) is 4.04. The van der Waals surface area contributed by atoms with Gasteiger partial charge < -0.3 is 15.6 Å². The van der Waals surface area contributed by atoms with Crippen molar-refractivity contribution in [3.8, 4) is 11.1 Å². The number of piperidine rings is 1. The number of fused-ring (bicyclic) bond motifs is 1. The van der Waals surface area contributed by atoms with Gasteiger partial charge in [0.25, 0.3) is 0 Å². The van der Waals surface area contributed by atoms with Gasteiger partial charge in [0.1, 0.15) is 5.82 Å². The normalized spacial score (nSPS) is 16.3. The number of hydrogen-bond donors (Lipinski definition) is 3. The number of hydrogen-bond acceptors (Lipinski definition) is 7. The Hall–Kier alpha value is -3.75. The quantitative estimate of drug-likeness (QED) is 0.324. The molecule has 1 aliphatic heterocycles. The zero-order chi connectivity index (χ0) is 24.9. The fraction of sp³-hybridized carbons (Fsp3) is 0.321. The summed E-state index contributed by atoms with van der Waals surface area (Å²) in [5.74, 6) is 0.389. The Balaban J connectivity index is 1.33. The highest BCUT2D eigenvalue weighted by Gasteiger charge is 2.22. The Morgan fingerprint density at radius 1 is 1.00 bits per heavy atom. The molecular formula is C28H31N5O3. The van der Waals surface area contributed by atoms with Gasteiger partial charge in [-0.3, -0.25) is 4.90 Å². The van der Waals surface area contributed by atoms with E-state index in [1.807, 2.05) is 12.1 Å². The van der Waals surface area contributed by atoms with E-state index in [0.29, 0.717) is 28.5 Å². The summed E-state index contributed by atoms with van der Waals surface area (Å²) in [6.07, 6.45) is 5.97. The van der Waals surface area contributed by atoms with Crippen molar-refractivity contribution in [1.29, 1.82) is 0 Å². The Labute approximate surface area is 209 Å². The van der Waals surface area contributed by atoms with E-state index in [-0.39, 0.29) is 12.3 Å². The summed E-state index contributed by atoms with van der Waals surface area (Å²) in [7, 11) is 0. The number of aliphatic hydroxyl groups is 1. The molecule has 5 rings (SSSR count). The van der Waals surface area contributed by atoms with Crippen molar-refractivity contribution < 1.29 is 10.3 Å². The summed E-state index contributed by atoms with van der Waals surface area (Å²) in [6.45, 7) is 2.68. The average molecular weight is 486 g/mol. The molecule has 36 heavy (non-hydrogen) atoms. The number of anilines is 1. The lowest BCUT2D eigenvalue weighted by Gasteiger charge is -2.35. The van der Waals surface area contributed by atoms with E-state index >= 15 is 0 Å². The Morgan fingerprint density at radius 3 is 2.58 bits per heavy atom. The first kappa shape index (κ1) is 24.0. The van der Waals surface area contributed by atoms with E-state index in [0.717, 1.165) is 42.6 Å². The molecule has 1 unspecified atom stereocenters. The van der Waals surface area contributed by atoms with Crippen molar-refractivity contribution in [2.24, 2.45) is 0 Å². The van der Waals surface area contributed by atoms with E-state index in [4.69, 9.17) is 0 Å². The maximum Gasteiger partial charge on any atom is 0.384 e.